The molecule has 1 aliphatic heterocycles. The summed E-state index contributed by atoms with van der Waals surface area (Å²) in [6, 6.07) is 15.4. The van der Waals surface area contributed by atoms with Crippen molar-refractivity contribution in [3.63, 3.8) is 0 Å². The zero-order valence-electron chi connectivity index (χ0n) is 16.1. The zero-order valence-corrected chi connectivity index (χ0v) is 17.7. The van der Waals surface area contributed by atoms with E-state index in [-0.39, 0.29) is 30.8 Å². The molecule has 1 saturated heterocycles. The van der Waals surface area contributed by atoms with Gasteiger partial charge >= 0.3 is 0 Å². The van der Waals surface area contributed by atoms with Crippen molar-refractivity contribution in [1.82, 2.24) is 20.7 Å². The molecule has 1 aliphatic rings. The number of amides is 4. The van der Waals surface area contributed by atoms with Crippen LogP contribution in [0.25, 0.3) is 0 Å². The Balaban J connectivity index is 1.48. The predicted octanol–water partition coefficient (Wildman–Crippen LogP) is 1.58. The van der Waals surface area contributed by atoms with Gasteiger partial charge in [0, 0.05) is 28.7 Å². The number of hydrogen-bond donors (Lipinski definition) is 2. The fourth-order valence-corrected chi connectivity index (χ4v) is 3.27. The Morgan fingerprint density at radius 2 is 1.47 bits per heavy atom. The largest absolute Gasteiger partial charge is 0.345 e. The summed E-state index contributed by atoms with van der Waals surface area (Å²) in [5, 5.41) is 7.74. The number of carbonyl (C=O) groups excluding carboxylic acids is 4. The van der Waals surface area contributed by atoms with Crippen LogP contribution in [0.15, 0.2) is 59.1 Å². The highest BCUT2D eigenvalue weighted by Crippen LogP contribution is 2.17. The van der Waals surface area contributed by atoms with E-state index < -0.39 is 5.91 Å². The number of halogens is 1. The number of rotatable bonds is 6. The van der Waals surface area contributed by atoms with E-state index in [0.717, 1.165) is 4.47 Å². The molecule has 2 aromatic carbocycles. The van der Waals surface area contributed by atoms with Crippen molar-refractivity contribution in [3.05, 3.63) is 70.2 Å². The van der Waals surface area contributed by atoms with E-state index in [4.69, 9.17) is 0 Å². The van der Waals surface area contributed by atoms with Crippen molar-refractivity contribution in [2.75, 3.05) is 26.2 Å². The van der Waals surface area contributed by atoms with Crippen molar-refractivity contribution in [3.8, 4) is 0 Å². The first-order chi connectivity index (χ1) is 14.5. The van der Waals surface area contributed by atoms with Crippen LogP contribution < -0.4 is 10.6 Å². The summed E-state index contributed by atoms with van der Waals surface area (Å²) < 4.78 is 0.857. The third-order valence-electron chi connectivity index (χ3n) is 4.53. The maximum absolute atomic E-state index is 12.7. The van der Waals surface area contributed by atoms with Crippen LogP contribution in [0.2, 0.25) is 0 Å². The fraction of sp³-hybridized carbons (Fsp3) is 0.238. The van der Waals surface area contributed by atoms with Crippen LogP contribution in [0.1, 0.15) is 27.1 Å². The van der Waals surface area contributed by atoms with Gasteiger partial charge in [0.15, 0.2) is 0 Å². The first-order valence-corrected chi connectivity index (χ1v) is 10.2. The normalized spacial score (nSPS) is 13.1. The first-order valence-electron chi connectivity index (χ1n) is 9.43. The third kappa shape index (κ3) is 5.44. The molecule has 4 amide bonds. The molecule has 30 heavy (non-hydrogen) atoms. The molecule has 0 aliphatic carbocycles. The van der Waals surface area contributed by atoms with Gasteiger partial charge in [0.25, 0.3) is 17.7 Å². The number of hydrogen-bond acceptors (Lipinski definition) is 4. The highest BCUT2D eigenvalue weighted by atomic mass is 79.9. The van der Waals surface area contributed by atoms with E-state index in [9.17, 15) is 19.2 Å². The lowest BCUT2D eigenvalue weighted by atomic mass is 10.2. The second kappa shape index (κ2) is 10.0. The maximum atomic E-state index is 12.7. The van der Waals surface area contributed by atoms with E-state index in [1.165, 1.54) is 10.0 Å². The Bertz CT molecular complexity index is 934. The fourth-order valence-electron chi connectivity index (χ4n) is 3.00. The Hall–Kier alpha value is -3.20. The summed E-state index contributed by atoms with van der Waals surface area (Å²) in [7, 11) is 0. The smallest absolute Gasteiger partial charge is 0.272 e. The van der Waals surface area contributed by atoms with Crippen LogP contribution in [0.5, 0.6) is 0 Å². The molecule has 0 aromatic heterocycles. The Morgan fingerprint density at radius 1 is 0.800 bits per heavy atom. The van der Waals surface area contributed by atoms with Crippen molar-refractivity contribution in [1.29, 1.82) is 0 Å². The van der Waals surface area contributed by atoms with Gasteiger partial charge in [-0.25, -0.2) is 10.0 Å². The molecule has 0 saturated carbocycles. The Labute approximate surface area is 182 Å². The second-order valence-corrected chi connectivity index (χ2v) is 7.55. The van der Waals surface area contributed by atoms with E-state index >= 15 is 0 Å². The Kier molecular flexibility index (Phi) is 7.18. The average Bonchev–Trinajstić information content (AvgIpc) is 3.26. The summed E-state index contributed by atoms with van der Waals surface area (Å²) in [6.07, 6.45) is 0.662. The molecule has 0 unspecified atom stereocenters. The number of nitrogens with zero attached hydrogens (tertiary/aromatic N) is 2. The number of nitrogens with one attached hydrogen (secondary N) is 2. The van der Waals surface area contributed by atoms with E-state index in [2.05, 4.69) is 26.6 Å². The van der Waals surface area contributed by atoms with Gasteiger partial charge in [-0.1, -0.05) is 34.1 Å². The Morgan fingerprint density at radius 3 is 2.17 bits per heavy atom. The molecule has 0 bridgehead atoms. The van der Waals surface area contributed by atoms with Gasteiger partial charge < -0.3 is 10.6 Å². The van der Waals surface area contributed by atoms with Gasteiger partial charge in [0.1, 0.15) is 0 Å². The summed E-state index contributed by atoms with van der Waals surface area (Å²) in [5.74, 6) is -1.52. The van der Waals surface area contributed by atoms with Crippen molar-refractivity contribution in [2.24, 2.45) is 0 Å². The molecule has 0 spiro atoms. The highest BCUT2D eigenvalue weighted by molar-refractivity contribution is 9.10. The summed E-state index contributed by atoms with van der Waals surface area (Å²) in [5.41, 5.74) is 0.922. The quantitative estimate of drug-likeness (QED) is 0.666. The van der Waals surface area contributed by atoms with Crippen molar-refractivity contribution >= 4 is 39.6 Å². The van der Waals surface area contributed by atoms with Gasteiger partial charge in [0.2, 0.25) is 5.91 Å². The predicted molar refractivity (Wildman–Crippen MR) is 113 cm³/mol. The molecular weight excluding hydrogens is 452 g/mol. The number of benzene rings is 2. The minimum Gasteiger partial charge on any atom is -0.345 e. The molecule has 1 fully saturated rings. The summed E-state index contributed by atoms with van der Waals surface area (Å²) in [6.45, 7) is 0.329. The van der Waals surface area contributed by atoms with E-state index in [0.29, 0.717) is 30.6 Å². The van der Waals surface area contributed by atoms with Crippen LogP contribution in [-0.4, -0.2) is 59.8 Å². The lowest BCUT2D eigenvalue weighted by Crippen LogP contribution is -2.49. The van der Waals surface area contributed by atoms with Gasteiger partial charge in [-0.15, -0.1) is 0 Å². The monoisotopic (exact) mass is 472 g/mol. The SMILES string of the molecule is O=C(CNC(=O)c1ccccc1)NCC(=O)N1CCCN1C(=O)c1ccc(Br)cc1. The van der Waals surface area contributed by atoms with Crippen LogP contribution in [0.4, 0.5) is 0 Å². The second-order valence-electron chi connectivity index (χ2n) is 6.63. The van der Waals surface area contributed by atoms with Crippen molar-refractivity contribution in [2.45, 2.75) is 6.42 Å². The molecule has 0 atom stereocenters. The summed E-state index contributed by atoms with van der Waals surface area (Å²) in [4.78, 5) is 49.2. The van der Waals surface area contributed by atoms with Crippen molar-refractivity contribution < 1.29 is 19.2 Å². The topological polar surface area (TPSA) is 98.8 Å². The lowest BCUT2D eigenvalue weighted by molar-refractivity contribution is -0.140. The van der Waals surface area contributed by atoms with E-state index in [1.807, 2.05) is 0 Å². The zero-order chi connectivity index (χ0) is 21.5. The molecule has 3 rings (SSSR count). The molecule has 9 heteroatoms. The van der Waals surface area contributed by atoms with E-state index in [1.54, 1.807) is 54.6 Å². The van der Waals surface area contributed by atoms with Crippen LogP contribution >= 0.6 is 15.9 Å². The van der Waals surface area contributed by atoms with Crippen LogP contribution in [-0.2, 0) is 9.59 Å². The molecule has 0 radical (unpaired) electrons. The molecule has 156 valence electrons. The van der Waals surface area contributed by atoms with Gasteiger partial charge in [-0.05, 0) is 42.8 Å². The molecular formula is C21H21BrN4O4. The van der Waals surface area contributed by atoms with Gasteiger partial charge in [0.05, 0.1) is 13.1 Å². The molecule has 2 N–H and O–H groups in total. The van der Waals surface area contributed by atoms with Crippen LogP contribution in [0.3, 0.4) is 0 Å². The standard InChI is InChI=1S/C21H21BrN4O4/c22-17-9-7-16(8-10-17)21(30)26-12-4-11-25(26)19(28)14-23-18(27)13-24-20(29)15-5-2-1-3-6-15/h1-3,5-10H,4,11-14H2,(H,23,27)(H,24,29). The number of hydrazine groups is 1. The lowest BCUT2D eigenvalue weighted by Gasteiger charge is -2.28. The first kappa shape index (κ1) is 21.5. The van der Waals surface area contributed by atoms with Gasteiger partial charge in [-0.3, -0.25) is 19.2 Å². The average molecular weight is 473 g/mol. The minimum atomic E-state index is -0.488. The minimum absolute atomic E-state index is 0.247. The van der Waals surface area contributed by atoms with Gasteiger partial charge in [-0.2, -0.15) is 0 Å². The number of carbonyl (C=O) groups is 4. The molecule has 1 heterocycles. The highest BCUT2D eigenvalue weighted by Gasteiger charge is 2.31. The molecule has 2 aromatic rings. The maximum Gasteiger partial charge on any atom is 0.272 e. The third-order valence-corrected chi connectivity index (χ3v) is 5.06. The van der Waals surface area contributed by atoms with Crippen LogP contribution in [0, 0.1) is 0 Å². The molecule has 8 nitrogen and oxygen atoms in total. The summed E-state index contributed by atoms with van der Waals surface area (Å²) >= 11 is 3.33.